The Morgan fingerprint density at radius 3 is 2.74 bits per heavy atom. The highest BCUT2D eigenvalue weighted by molar-refractivity contribution is 9.10. The topological polar surface area (TPSA) is 68.1 Å². The van der Waals surface area contributed by atoms with Crippen LogP contribution < -0.4 is 5.32 Å². The van der Waals surface area contributed by atoms with Gasteiger partial charge in [0, 0.05) is 21.8 Å². The van der Waals surface area contributed by atoms with Crippen LogP contribution in [0.25, 0.3) is 0 Å². The third-order valence-corrected chi connectivity index (χ3v) is 3.21. The van der Waals surface area contributed by atoms with Gasteiger partial charge in [-0.2, -0.15) is 0 Å². The predicted octanol–water partition coefficient (Wildman–Crippen LogP) is 4.80. The van der Waals surface area contributed by atoms with E-state index in [1.165, 1.54) is 12.3 Å². The molecule has 0 radical (unpaired) electrons. The third-order valence-electron chi connectivity index (χ3n) is 2.21. The highest BCUT2D eigenvalue weighted by atomic mass is 79.9. The summed E-state index contributed by atoms with van der Waals surface area (Å²) in [7, 11) is 0. The number of hydrogen-bond donors (Lipinski definition) is 1. The van der Waals surface area contributed by atoms with E-state index in [2.05, 4.69) is 26.2 Å². The molecule has 0 fully saturated rings. The lowest BCUT2D eigenvalue weighted by atomic mass is 10.3. The maximum absolute atomic E-state index is 11.0. The number of nitro groups is 1. The van der Waals surface area contributed by atoms with Gasteiger partial charge < -0.3 is 5.32 Å². The lowest BCUT2D eigenvalue weighted by Crippen LogP contribution is -2.00. The van der Waals surface area contributed by atoms with Gasteiger partial charge in [0.25, 0.3) is 0 Å². The van der Waals surface area contributed by atoms with Crippen LogP contribution in [0.1, 0.15) is 0 Å². The molecule has 0 bridgehead atoms. The van der Waals surface area contributed by atoms with Crippen LogP contribution in [0.2, 0.25) is 10.0 Å². The van der Waals surface area contributed by atoms with Crippen LogP contribution >= 0.6 is 39.1 Å². The van der Waals surface area contributed by atoms with Crippen molar-refractivity contribution in [3.8, 4) is 0 Å². The fourth-order valence-electron chi connectivity index (χ4n) is 1.38. The van der Waals surface area contributed by atoms with Crippen LogP contribution in [-0.2, 0) is 0 Å². The summed E-state index contributed by atoms with van der Waals surface area (Å²) in [5.74, 6) is 0.0948. The Morgan fingerprint density at radius 1 is 1.32 bits per heavy atom. The smallest absolute Gasteiger partial charge is 0.312 e. The van der Waals surface area contributed by atoms with E-state index in [0.717, 1.165) is 0 Å². The number of rotatable bonds is 3. The van der Waals surface area contributed by atoms with E-state index in [1.807, 2.05) is 0 Å². The summed E-state index contributed by atoms with van der Waals surface area (Å²) in [6.45, 7) is 0. The molecular formula is C11H6BrCl2N3O2. The fraction of sp³-hybridized carbons (Fsp3) is 0. The van der Waals surface area contributed by atoms with Gasteiger partial charge in [0.15, 0.2) is 0 Å². The maximum atomic E-state index is 11.0. The van der Waals surface area contributed by atoms with Gasteiger partial charge in [-0.15, -0.1) is 0 Å². The van der Waals surface area contributed by atoms with Gasteiger partial charge in [-0.3, -0.25) is 10.1 Å². The van der Waals surface area contributed by atoms with Gasteiger partial charge in [0.2, 0.25) is 5.82 Å². The Kier molecular flexibility index (Phi) is 4.24. The molecule has 1 heterocycles. The zero-order valence-corrected chi connectivity index (χ0v) is 12.3. The second-order valence-electron chi connectivity index (χ2n) is 3.53. The number of aromatic nitrogens is 1. The quantitative estimate of drug-likeness (QED) is 0.628. The molecule has 19 heavy (non-hydrogen) atoms. The first-order chi connectivity index (χ1) is 8.97. The number of halogens is 3. The lowest BCUT2D eigenvalue weighted by Gasteiger charge is -2.08. The summed E-state index contributed by atoms with van der Waals surface area (Å²) in [6.07, 6.45) is 1.45. The molecular weight excluding hydrogens is 357 g/mol. The molecule has 0 unspecified atom stereocenters. The van der Waals surface area contributed by atoms with E-state index in [9.17, 15) is 10.1 Å². The Balaban J connectivity index is 2.43. The summed E-state index contributed by atoms with van der Waals surface area (Å²) in [5, 5.41) is 14.6. The summed E-state index contributed by atoms with van der Waals surface area (Å²) >= 11 is 15.0. The van der Waals surface area contributed by atoms with Crippen LogP contribution in [0.15, 0.2) is 34.9 Å². The van der Waals surface area contributed by atoms with Crippen LogP contribution in [0, 0.1) is 10.1 Å². The molecule has 98 valence electrons. The Bertz CT molecular complexity index is 652. The SMILES string of the molecule is O=[N+]([O-])c1cc(Br)cnc1Nc1cc(Cl)ccc1Cl. The largest absolute Gasteiger partial charge is 0.333 e. The first-order valence-electron chi connectivity index (χ1n) is 4.99. The molecule has 0 amide bonds. The molecule has 2 aromatic rings. The molecule has 1 aromatic carbocycles. The van der Waals surface area contributed by atoms with Crippen molar-refractivity contribution in [3.05, 3.63) is 55.1 Å². The van der Waals surface area contributed by atoms with E-state index in [4.69, 9.17) is 23.2 Å². The number of anilines is 2. The Labute approximate surface area is 126 Å². The van der Waals surface area contributed by atoms with Crippen molar-refractivity contribution in [2.24, 2.45) is 0 Å². The van der Waals surface area contributed by atoms with Gasteiger partial charge in [-0.05, 0) is 34.1 Å². The van der Waals surface area contributed by atoms with Crippen LogP contribution in [-0.4, -0.2) is 9.91 Å². The Morgan fingerprint density at radius 2 is 2.05 bits per heavy atom. The van der Waals surface area contributed by atoms with Crippen molar-refractivity contribution in [2.75, 3.05) is 5.32 Å². The molecule has 8 heteroatoms. The van der Waals surface area contributed by atoms with Crippen molar-refractivity contribution in [1.29, 1.82) is 0 Å². The van der Waals surface area contributed by atoms with Gasteiger partial charge >= 0.3 is 5.69 Å². The standard InChI is InChI=1S/C11H6BrCl2N3O2/c12-6-3-10(17(18)19)11(15-5-6)16-9-4-7(13)1-2-8(9)14/h1-5H,(H,15,16). The molecule has 0 aliphatic rings. The zero-order valence-electron chi connectivity index (χ0n) is 9.23. The average Bonchev–Trinajstić information content (AvgIpc) is 2.35. The second-order valence-corrected chi connectivity index (χ2v) is 5.29. The molecule has 1 N–H and O–H groups in total. The number of pyridine rings is 1. The summed E-state index contributed by atoms with van der Waals surface area (Å²) < 4.78 is 0.516. The van der Waals surface area contributed by atoms with Crippen molar-refractivity contribution >= 4 is 56.3 Å². The van der Waals surface area contributed by atoms with Gasteiger partial charge in [-0.1, -0.05) is 23.2 Å². The van der Waals surface area contributed by atoms with E-state index in [1.54, 1.807) is 18.2 Å². The maximum Gasteiger partial charge on any atom is 0.312 e. The minimum atomic E-state index is -0.529. The first-order valence-corrected chi connectivity index (χ1v) is 6.54. The number of hydrogen-bond acceptors (Lipinski definition) is 4. The van der Waals surface area contributed by atoms with E-state index < -0.39 is 4.92 Å². The molecule has 0 aliphatic heterocycles. The van der Waals surface area contributed by atoms with E-state index in [-0.39, 0.29) is 11.5 Å². The molecule has 0 atom stereocenters. The van der Waals surface area contributed by atoms with Crippen LogP contribution in [0.4, 0.5) is 17.2 Å². The summed E-state index contributed by atoms with van der Waals surface area (Å²) in [6, 6.07) is 6.14. The second kappa shape index (κ2) is 5.73. The molecule has 2 rings (SSSR count). The minimum absolute atomic E-state index is 0.0948. The highest BCUT2D eigenvalue weighted by Gasteiger charge is 2.17. The number of nitrogens with zero attached hydrogens (tertiary/aromatic N) is 2. The molecule has 0 spiro atoms. The number of benzene rings is 1. The third kappa shape index (κ3) is 3.34. The van der Waals surface area contributed by atoms with Gasteiger partial charge in [-0.25, -0.2) is 4.98 Å². The zero-order chi connectivity index (χ0) is 14.0. The molecule has 1 aromatic heterocycles. The van der Waals surface area contributed by atoms with Crippen molar-refractivity contribution in [1.82, 2.24) is 4.98 Å². The average molecular weight is 363 g/mol. The number of nitrogens with one attached hydrogen (secondary N) is 1. The Hall–Kier alpha value is -1.37. The summed E-state index contributed by atoms with van der Waals surface area (Å²) in [4.78, 5) is 14.4. The molecule has 0 aliphatic carbocycles. The molecule has 0 saturated carbocycles. The van der Waals surface area contributed by atoms with Crippen LogP contribution in [0.3, 0.4) is 0 Å². The van der Waals surface area contributed by atoms with Crippen LogP contribution in [0.5, 0.6) is 0 Å². The van der Waals surface area contributed by atoms with Gasteiger partial charge in [0.1, 0.15) is 0 Å². The molecule has 5 nitrogen and oxygen atoms in total. The lowest BCUT2D eigenvalue weighted by molar-refractivity contribution is -0.384. The van der Waals surface area contributed by atoms with Gasteiger partial charge in [0.05, 0.1) is 15.6 Å². The van der Waals surface area contributed by atoms with Crippen molar-refractivity contribution in [3.63, 3.8) is 0 Å². The fourth-order valence-corrected chi connectivity index (χ4v) is 2.04. The molecule has 0 saturated heterocycles. The van der Waals surface area contributed by atoms with E-state index in [0.29, 0.717) is 20.2 Å². The minimum Gasteiger partial charge on any atom is -0.333 e. The summed E-state index contributed by atoms with van der Waals surface area (Å²) in [5.41, 5.74) is 0.289. The first kappa shape index (κ1) is 14.0. The van der Waals surface area contributed by atoms with Crippen molar-refractivity contribution < 1.29 is 4.92 Å². The van der Waals surface area contributed by atoms with E-state index >= 15 is 0 Å². The predicted molar refractivity (Wildman–Crippen MR) is 78.3 cm³/mol. The normalized spacial score (nSPS) is 10.3. The van der Waals surface area contributed by atoms with Crippen molar-refractivity contribution in [2.45, 2.75) is 0 Å². The highest BCUT2D eigenvalue weighted by Crippen LogP contribution is 2.32. The monoisotopic (exact) mass is 361 g/mol.